The highest BCUT2D eigenvalue weighted by atomic mass is 14.6. The predicted molar refractivity (Wildman–Crippen MR) is 46.8 cm³/mol. The first kappa shape index (κ1) is 9.96. The van der Waals surface area contributed by atoms with E-state index in [4.69, 9.17) is 5.73 Å². The third kappa shape index (κ3) is 2.70. The molecule has 0 saturated heterocycles. The molecule has 0 aromatic carbocycles. The third-order valence-corrected chi connectivity index (χ3v) is 2.50. The van der Waals surface area contributed by atoms with Gasteiger partial charge in [0.15, 0.2) is 0 Å². The monoisotopic (exact) mass is 143 g/mol. The van der Waals surface area contributed by atoms with Gasteiger partial charge in [0, 0.05) is 0 Å². The van der Waals surface area contributed by atoms with Crippen molar-refractivity contribution in [2.24, 2.45) is 23.5 Å². The molecular weight excluding hydrogens is 122 g/mol. The fraction of sp³-hybridized carbons (Fsp3) is 1.00. The van der Waals surface area contributed by atoms with Crippen molar-refractivity contribution in [2.45, 2.75) is 34.1 Å². The summed E-state index contributed by atoms with van der Waals surface area (Å²) >= 11 is 0. The van der Waals surface area contributed by atoms with Gasteiger partial charge in [0.05, 0.1) is 0 Å². The minimum absolute atomic E-state index is 0.713. The minimum Gasteiger partial charge on any atom is -0.330 e. The predicted octanol–water partition coefficient (Wildman–Crippen LogP) is 2.26. The van der Waals surface area contributed by atoms with Crippen molar-refractivity contribution in [3.63, 3.8) is 0 Å². The highest BCUT2D eigenvalue weighted by molar-refractivity contribution is 4.68. The fourth-order valence-electron chi connectivity index (χ4n) is 1.46. The number of nitrogens with two attached hydrogens (primary N) is 1. The largest absolute Gasteiger partial charge is 0.330 e. The summed E-state index contributed by atoms with van der Waals surface area (Å²) in [5.74, 6) is 2.23. The van der Waals surface area contributed by atoms with E-state index < -0.39 is 0 Å². The van der Waals surface area contributed by atoms with Crippen molar-refractivity contribution in [1.82, 2.24) is 0 Å². The molecule has 0 bridgehead atoms. The van der Waals surface area contributed by atoms with E-state index in [1.807, 2.05) is 0 Å². The Morgan fingerprint density at radius 2 is 1.70 bits per heavy atom. The van der Waals surface area contributed by atoms with Crippen LogP contribution in [0.15, 0.2) is 0 Å². The van der Waals surface area contributed by atoms with Gasteiger partial charge in [-0.15, -0.1) is 0 Å². The zero-order valence-electron chi connectivity index (χ0n) is 7.72. The number of rotatable bonds is 4. The first-order valence-electron chi connectivity index (χ1n) is 4.33. The average molecular weight is 143 g/mol. The summed E-state index contributed by atoms with van der Waals surface area (Å²) < 4.78 is 0. The van der Waals surface area contributed by atoms with E-state index in [-0.39, 0.29) is 0 Å². The molecule has 0 aromatic heterocycles. The summed E-state index contributed by atoms with van der Waals surface area (Å²) in [5.41, 5.74) is 5.65. The topological polar surface area (TPSA) is 26.0 Å². The molecule has 10 heavy (non-hydrogen) atoms. The van der Waals surface area contributed by atoms with Crippen molar-refractivity contribution in [3.8, 4) is 0 Å². The summed E-state index contributed by atoms with van der Waals surface area (Å²) in [6, 6.07) is 0. The van der Waals surface area contributed by atoms with Crippen molar-refractivity contribution in [1.29, 1.82) is 0 Å². The smallest absolute Gasteiger partial charge is 0.00439 e. The Balaban J connectivity index is 3.80. The Bertz CT molecular complexity index is 78.8. The molecule has 62 valence electrons. The van der Waals surface area contributed by atoms with Crippen LogP contribution in [-0.2, 0) is 0 Å². The van der Waals surface area contributed by atoms with E-state index in [0.717, 1.165) is 18.4 Å². The fourth-order valence-corrected chi connectivity index (χ4v) is 1.46. The Morgan fingerprint density at radius 1 is 1.20 bits per heavy atom. The summed E-state index contributed by atoms with van der Waals surface area (Å²) in [6.07, 6.45) is 1.25. The van der Waals surface area contributed by atoms with Crippen LogP contribution in [0.1, 0.15) is 34.1 Å². The molecule has 1 nitrogen and oxygen atoms in total. The lowest BCUT2D eigenvalue weighted by Crippen LogP contribution is -2.25. The van der Waals surface area contributed by atoms with Crippen LogP contribution in [0.25, 0.3) is 0 Å². The van der Waals surface area contributed by atoms with Crippen LogP contribution in [0, 0.1) is 17.8 Å². The molecule has 0 fully saturated rings. The molecule has 2 unspecified atom stereocenters. The summed E-state index contributed by atoms with van der Waals surface area (Å²) in [4.78, 5) is 0. The standard InChI is InChI=1S/C9H21N/c1-5-8(4)9(6-10)7(2)3/h7-9H,5-6,10H2,1-4H3. The molecule has 0 heterocycles. The van der Waals surface area contributed by atoms with E-state index in [1.165, 1.54) is 6.42 Å². The molecule has 0 aliphatic rings. The summed E-state index contributed by atoms with van der Waals surface area (Å²) in [5, 5.41) is 0. The van der Waals surface area contributed by atoms with Gasteiger partial charge in [-0.2, -0.15) is 0 Å². The second-order valence-electron chi connectivity index (χ2n) is 3.53. The molecule has 2 atom stereocenters. The van der Waals surface area contributed by atoms with E-state index in [9.17, 15) is 0 Å². The first-order chi connectivity index (χ1) is 4.63. The van der Waals surface area contributed by atoms with Crippen molar-refractivity contribution >= 4 is 0 Å². The van der Waals surface area contributed by atoms with Crippen molar-refractivity contribution < 1.29 is 0 Å². The van der Waals surface area contributed by atoms with Gasteiger partial charge in [0.25, 0.3) is 0 Å². The van der Waals surface area contributed by atoms with Crippen LogP contribution in [0.3, 0.4) is 0 Å². The second kappa shape index (κ2) is 4.73. The van der Waals surface area contributed by atoms with E-state index in [2.05, 4.69) is 27.7 Å². The molecular formula is C9H21N. The Kier molecular flexibility index (Phi) is 4.71. The molecule has 2 N–H and O–H groups in total. The maximum absolute atomic E-state index is 5.65. The zero-order chi connectivity index (χ0) is 8.15. The number of hydrogen-bond acceptors (Lipinski definition) is 1. The lowest BCUT2D eigenvalue weighted by Gasteiger charge is -2.24. The van der Waals surface area contributed by atoms with Crippen molar-refractivity contribution in [2.75, 3.05) is 6.54 Å². The zero-order valence-corrected chi connectivity index (χ0v) is 7.72. The van der Waals surface area contributed by atoms with Gasteiger partial charge in [-0.05, 0) is 24.3 Å². The van der Waals surface area contributed by atoms with Crippen LogP contribution in [0.4, 0.5) is 0 Å². The Labute approximate surface area is 65.0 Å². The molecule has 0 aliphatic carbocycles. The van der Waals surface area contributed by atoms with Crippen LogP contribution in [0.2, 0.25) is 0 Å². The second-order valence-corrected chi connectivity index (χ2v) is 3.53. The van der Waals surface area contributed by atoms with Gasteiger partial charge in [-0.3, -0.25) is 0 Å². The van der Waals surface area contributed by atoms with Gasteiger partial charge in [0.1, 0.15) is 0 Å². The quantitative estimate of drug-likeness (QED) is 0.642. The molecule has 0 amide bonds. The SMILES string of the molecule is CCC(C)C(CN)C(C)C. The van der Waals surface area contributed by atoms with Gasteiger partial charge in [0.2, 0.25) is 0 Å². The van der Waals surface area contributed by atoms with E-state index >= 15 is 0 Å². The van der Waals surface area contributed by atoms with Gasteiger partial charge in [-0.25, -0.2) is 0 Å². The lowest BCUT2D eigenvalue weighted by molar-refractivity contribution is 0.272. The van der Waals surface area contributed by atoms with Gasteiger partial charge in [-0.1, -0.05) is 34.1 Å². The Hall–Kier alpha value is -0.0400. The molecule has 0 aliphatic heterocycles. The average Bonchev–Trinajstić information content (AvgIpc) is 1.88. The van der Waals surface area contributed by atoms with Crippen LogP contribution in [0.5, 0.6) is 0 Å². The minimum atomic E-state index is 0.713. The highest BCUT2D eigenvalue weighted by Crippen LogP contribution is 2.21. The summed E-state index contributed by atoms with van der Waals surface area (Å²) in [7, 11) is 0. The number of hydrogen-bond donors (Lipinski definition) is 1. The van der Waals surface area contributed by atoms with E-state index in [0.29, 0.717) is 5.92 Å². The molecule has 0 saturated carbocycles. The lowest BCUT2D eigenvalue weighted by atomic mass is 9.83. The molecule has 1 heteroatoms. The Morgan fingerprint density at radius 3 is 1.80 bits per heavy atom. The third-order valence-electron chi connectivity index (χ3n) is 2.50. The molecule has 0 rings (SSSR count). The van der Waals surface area contributed by atoms with Gasteiger partial charge < -0.3 is 5.73 Å². The highest BCUT2D eigenvalue weighted by Gasteiger charge is 2.16. The summed E-state index contributed by atoms with van der Waals surface area (Å²) in [6.45, 7) is 9.87. The molecule has 0 radical (unpaired) electrons. The van der Waals surface area contributed by atoms with Crippen LogP contribution < -0.4 is 5.73 Å². The normalized spacial score (nSPS) is 17.4. The van der Waals surface area contributed by atoms with Crippen LogP contribution >= 0.6 is 0 Å². The maximum Gasteiger partial charge on any atom is -0.00439 e. The van der Waals surface area contributed by atoms with Crippen molar-refractivity contribution in [3.05, 3.63) is 0 Å². The molecule has 0 spiro atoms. The van der Waals surface area contributed by atoms with E-state index in [1.54, 1.807) is 0 Å². The maximum atomic E-state index is 5.65. The van der Waals surface area contributed by atoms with Gasteiger partial charge >= 0.3 is 0 Å². The van der Waals surface area contributed by atoms with Crippen LogP contribution in [-0.4, -0.2) is 6.54 Å². The first-order valence-corrected chi connectivity index (χ1v) is 4.33. The molecule has 0 aromatic rings.